The van der Waals surface area contributed by atoms with Gasteiger partial charge in [-0.15, -0.1) is 9.05 Å². The molecule has 0 aliphatic rings. The van der Waals surface area contributed by atoms with Gasteiger partial charge >= 0.3 is 8.25 Å². The summed E-state index contributed by atoms with van der Waals surface area (Å²) in [7, 11) is -2.11. The zero-order valence-electron chi connectivity index (χ0n) is 22.8. The van der Waals surface area contributed by atoms with Gasteiger partial charge < -0.3 is 0 Å². The van der Waals surface area contributed by atoms with Crippen LogP contribution >= 0.6 is 8.25 Å². The molecule has 0 aromatic heterocycles. The molecule has 0 saturated carbocycles. The Morgan fingerprint density at radius 2 is 0.688 bits per heavy atom. The third kappa shape index (κ3) is 14.3. The van der Waals surface area contributed by atoms with Crippen LogP contribution in [0, 0.1) is 0 Å². The highest BCUT2D eigenvalue weighted by molar-refractivity contribution is 7.33. The van der Waals surface area contributed by atoms with E-state index in [4.69, 9.17) is 9.05 Å². The van der Waals surface area contributed by atoms with Crippen molar-refractivity contribution in [1.29, 1.82) is 0 Å². The second-order valence-corrected chi connectivity index (χ2v) is 10.9. The first-order valence-corrected chi connectivity index (χ1v) is 15.4. The molecule has 0 aliphatic carbocycles. The van der Waals surface area contributed by atoms with Crippen LogP contribution in [0.3, 0.4) is 0 Å². The first kappa shape index (κ1) is 32.0. The highest BCUT2D eigenvalue weighted by Gasteiger charge is 2.46. The van der Waals surface area contributed by atoms with Crippen molar-refractivity contribution in [3.8, 4) is 0 Å². The van der Waals surface area contributed by atoms with Gasteiger partial charge in [-0.1, -0.05) is 131 Å². The molecule has 0 rings (SSSR count). The molecule has 32 heavy (non-hydrogen) atoms. The lowest BCUT2D eigenvalue weighted by atomic mass is 9.86. The molecule has 0 aromatic rings. The summed E-state index contributed by atoms with van der Waals surface area (Å²) in [5.41, 5.74) is -0.557. The van der Waals surface area contributed by atoms with Gasteiger partial charge in [0, 0.05) is 4.57 Å². The molecule has 0 heterocycles. The van der Waals surface area contributed by atoms with Gasteiger partial charge in [0.05, 0.1) is 0 Å². The zero-order valence-corrected chi connectivity index (χ0v) is 23.7. The van der Waals surface area contributed by atoms with Gasteiger partial charge in [0.15, 0.2) is 0 Å². The van der Waals surface area contributed by atoms with E-state index in [1.54, 1.807) is 0 Å². The fraction of sp³-hybridized carbons (Fsp3) is 1.00. The summed E-state index contributed by atoms with van der Waals surface area (Å²) in [5.74, 6) is 0. The van der Waals surface area contributed by atoms with E-state index in [-0.39, 0.29) is 11.2 Å². The fourth-order valence-electron chi connectivity index (χ4n) is 4.75. The van der Waals surface area contributed by atoms with E-state index in [1.807, 2.05) is 0 Å². The second-order valence-electron chi connectivity index (χ2n) is 10.1. The summed E-state index contributed by atoms with van der Waals surface area (Å²) in [6, 6.07) is 0. The van der Waals surface area contributed by atoms with Crippen molar-refractivity contribution in [3.63, 3.8) is 0 Å². The molecule has 0 spiro atoms. The Hall–Kier alpha value is 0.0200. The van der Waals surface area contributed by atoms with Gasteiger partial charge in [-0.25, -0.2) is 0 Å². The molecule has 0 atom stereocenters. The van der Waals surface area contributed by atoms with Crippen LogP contribution in [0.25, 0.3) is 0 Å². The molecule has 0 bridgehead atoms. The predicted octanol–water partition coefficient (Wildman–Crippen LogP) is 11.1. The first-order chi connectivity index (χ1) is 15.5. The van der Waals surface area contributed by atoms with E-state index in [2.05, 4.69) is 41.5 Å². The second kappa shape index (κ2) is 20.4. The van der Waals surface area contributed by atoms with Gasteiger partial charge in [0.25, 0.3) is 0 Å². The molecule has 0 aromatic carbocycles. The maximum Gasteiger partial charge on any atom is 0.698 e. The lowest BCUT2D eigenvalue weighted by Crippen LogP contribution is -2.34. The summed E-state index contributed by atoms with van der Waals surface area (Å²) in [4.78, 5) is 0. The van der Waals surface area contributed by atoms with Crippen LogP contribution in [-0.4, -0.2) is 11.2 Å². The lowest BCUT2D eigenvalue weighted by molar-refractivity contribution is -0.0178. The molecule has 0 saturated heterocycles. The Bertz CT molecular complexity index is 384. The average Bonchev–Trinajstić information content (AvgIpc) is 2.79. The maximum absolute atomic E-state index is 13.5. The van der Waals surface area contributed by atoms with E-state index in [0.717, 1.165) is 103 Å². The molecular weight excluding hydrogens is 415 g/mol. The fourth-order valence-corrected chi connectivity index (χ4v) is 5.97. The Balaban J connectivity index is 5.57. The van der Waals surface area contributed by atoms with Crippen LogP contribution < -0.4 is 0 Å². The summed E-state index contributed by atoms with van der Waals surface area (Å²) < 4.78 is 26.5. The van der Waals surface area contributed by atoms with Crippen LogP contribution in [0.15, 0.2) is 0 Å². The maximum atomic E-state index is 13.5. The number of hydrogen-bond donors (Lipinski definition) is 0. The highest BCUT2D eigenvalue weighted by atomic mass is 31.1. The Morgan fingerprint density at radius 1 is 0.438 bits per heavy atom. The van der Waals surface area contributed by atoms with E-state index >= 15 is 0 Å². The average molecular weight is 474 g/mol. The highest BCUT2D eigenvalue weighted by Crippen LogP contribution is 2.46. The minimum absolute atomic E-state index is 0.278. The summed E-state index contributed by atoms with van der Waals surface area (Å²) >= 11 is 0. The molecule has 0 unspecified atom stereocenters. The van der Waals surface area contributed by atoms with Gasteiger partial charge in [-0.2, -0.15) is 0 Å². The molecule has 0 fully saturated rings. The molecule has 0 amide bonds. The standard InChI is InChI=1S/C28H58O3P/c1-7-13-19-25-27(21-15-9-3,22-16-10-4)30-32(29)31-28(23-17-11-5,24-18-12-6)26-20-14-8-2/h7-26H2,1-6H3/q+1. The van der Waals surface area contributed by atoms with E-state index in [0.29, 0.717) is 0 Å². The monoisotopic (exact) mass is 473 g/mol. The third-order valence-corrected chi connectivity index (χ3v) is 8.02. The van der Waals surface area contributed by atoms with E-state index in [9.17, 15) is 4.57 Å². The summed E-state index contributed by atoms with van der Waals surface area (Å²) in [5, 5.41) is 0. The molecule has 192 valence electrons. The minimum Gasteiger partial charge on any atom is -0.112 e. The quantitative estimate of drug-likeness (QED) is 0.103. The van der Waals surface area contributed by atoms with Crippen molar-refractivity contribution < 1.29 is 13.6 Å². The van der Waals surface area contributed by atoms with Crippen molar-refractivity contribution in [2.75, 3.05) is 0 Å². The van der Waals surface area contributed by atoms with Crippen molar-refractivity contribution >= 4 is 8.25 Å². The SMILES string of the molecule is CCCCCC(CCCC)(CCCC)O[P+](=O)OC(CCCC)(CCCC)CCCCC. The van der Waals surface area contributed by atoms with E-state index < -0.39 is 8.25 Å². The van der Waals surface area contributed by atoms with Gasteiger partial charge in [0.2, 0.25) is 0 Å². The van der Waals surface area contributed by atoms with Crippen LogP contribution in [0.1, 0.15) is 170 Å². The Kier molecular flexibility index (Phi) is 20.4. The molecule has 0 radical (unpaired) electrons. The molecular formula is C28H58O3P+. The van der Waals surface area contributed by atoms with E-state index in [1.165, 1.54) is 25.7 Å². The van der Waals surface area contributed by atoms with Crippen molar-refractivity contribution in [2.24, 2.45) is 0 Å². The lowest BCUT2D eigenvalue weighted by Gasteiger charge is -2.31. The summed E-state index contributed by atoms with van der Waals surface area (Å²) in [6.07, 6.45) is 22.3. The smallest absolute Gasteiger partial charge is 0.112 e. The molecule has 4 heteroatoms. The topological polar surface area (TPSA) is 35.5 Å². The molecule has 0 aliphatic heterocycles. The summed E-state index contributed by atoms with van der Waals surface area (Å²) in [6.45, 7) is 13.4. The van der Waals surface area contributed by atoms with Crippen LogP contribution in [0.2, 0.25) is 0 Å². The normalized spacial score (nSPS) is 12.4. The minimum atomic E-state index is -2.11. The van der Waals surface area contributed by atoms with Gasteiger partial charge in [0.1, 0.15) is 11.2 Å². The molecule has 0 N–H and O–H groups in total. The van der Waals surface area contributed by atoms with Crippen LogP contribution in [-0.2, 0) is 13.6 Å². The third-order valence-electron chi connectivity index (χ3n) is 6.95. The largest absolute Gasteiger partial charge is 0.698 e. The predicted molar refractivity (Wildman–Crippen MR) is 142 cm³/mol. The molecule has 3 nitrogen and oxygen atoms in total. The number of rotatable bonds is 24. The van der Waals surface area contributed by atoms with Crippen molar-refractivity contribution in [3.05, 3.63) is 0 Å². The zero-order chi connectivity index (χ0) is 24.1. The number of unbranched alkanes of at least 4 members (excludes halogenated alkanes) is 8. The Labute approximate surface area is 203 Å². The number of hydrogen-bond acceptors (Lipinski definition) is 3. The first-order valence-electron chi connectivity index (χ1n) is 14.3. The van der Waals surface area contributed by atoms with Gasteiger partial charge in [-0.05, 0) is 38.5 Å². The van der Waals surface area contributed by atoms with Crippen LogP contribution in [0.5, 0.6) is 0 Å². The van der Waals surface area contributed by atoms with Crippen molar-refractivity contribution in [2.45, 2.75) is 181 Å². The van der Waals surface area contributed by atoms with Gasteiger partial charge in [-0.3, -0.25) is 0 Å². The van der Waals surface area contributed by atoms with Crippen molar-refractivity contribution in [1.82, 2.24) is 0 Å². The Morgan fingerprint density at radius 3 is 0.938 bits per heavy atom. The van der Waals surface area contributed by atoms with Crippen LogP contribution in [0.4, 0.5) is 0 Å².